The van der Waals surface area contributed by atoms with Crippen LogP contribution in [-0.2, 0) is 16.2 Å². The van der Waals surface area contributed by atoms with Gasteiger partial charge in [0.25, 0.3) is 10.0 Å². The summed E-state index contributed by atoms with van der Waals surface area (Å²) in [5.74, 6) is -2.08. The van der Waals surface area contributed by atoms with Gasteiger partial charge in [-0.2, -0.15) is 13.2 Å². The van der Waals surface area contributed by atoms with Gasteiger partial charge in [0.05, 0.1) is 21.2 Å². The summed E-state index contributed by atoms with van der Waals surface area (Å²) in [6.45, 7) is 0. The Labute approximate surface area is 132 Å². The number of hydrogen-bond acceptors (Lipinski definition) is 2. The van der Waals surface area contributed by atoms with Gasteiger partial charge < -0.3 is 0 Å². The fraction of sp³-hybridized carbons (Fsp3) is 0.0769. The van der Waals surface area contributed by atoms with Crippen LogP contribution in [0, 0.1) is 11.6 Å². The summed E-state index contributed by atoms with van der Waals surface area (Å²) in [7, 11) is -4.45. The Balaban J connectivity index is 2.42. The van der Waals surface area contributed by atoms with Crippen molar-refractivity contribution in [2.24, 2.45) is 0 Å². The van der Waals surface area contributed by atoms with Crippen molar-refractivity contribution in [1.82, 2.24) is 0 Å². The van der Waals surface area contributed by atoms with Crippen LogP contribution in [0.15, 0.2) is 41.3 Å². The minimum atomic E-state index is -4.77. The third kappa shape index (κ3) is 3.91. The number of anilines is 1. The van der Waals surface area contributed by atoms with Crippen molar-refractivity contribution < 1.29 is 30.4 Å². The summed E-state index contributed by atoms with van der Waals surface area (Å²) in [4.78, 5) is -0.527. The second-order valence-electron chi connectivity index (χ2n) is 4.37. The zero-order valence-corrected chi connectivity index (χ0v) is 12.5. The highest BCUT2D eigenvalue weighted by molar-refractivity contribution is 7.92. The van der Waals surface area contributed by atoms with Crippen molar-refractivity contribution in [3.05, 3.63) is 58.6 Å². The van der Waals surface area contributed by atoms with Crippen LogP contribution in [0.1, 0.15) is 5.56 Å². The summed E-state index contributed by atoms with van der Waals surface area (Å²) >= 11 is 5.45. The smallest absolute Gasteiger partial charge is 0.277 e. The quantitative estimate of drug-likeness (QED) is 0.811. The number of rotatable bonds is 3. The Morgan fingerprint density at radius 3 is 2.13 bits per heavy atom. The van der Waals surface area contributed by atoms with E-state index in [1.165, 1.54) is 0 Å². The van der Waals surface area contributed by atoms with Gasteiger partial charge in [-0.25, -0.2) is 17.2 Å². The van der Waals surface area contributed by atoms with Gasteiger partial charge >= 0.3 is 6.18 Å². The van der Waals surface area contributed by atoms with Crippen LogP contribution < -0.4 is 4.72 Å². The molecule has 0 bridgehead atoms. The zero-order valence-electron chi connectivity index (χ0n) is 11.0. The molecule has 2 aromatic carbocycles. The molecule has 2 aromatic rings. The maximum atomic E-state index is 13.6. The minimum absolute atomic E-state index is 0.317. The first-order valence-corrected chi connectivity index (χ1v) is 7.71. The second-order valence-corrected chi connectivity index (χ2v) is 6.46. The van der Waals surface area contributed by atoms with Gasteiger partial charge in [-0.1, -0.05) is 11.6 Å². The predicted molar refractivity (Wildman–Crippen MR) is 73.6 cm³/mol. The SMILES string of the molecule is O=S(=O)(Nc1cc(C(F)(F)F)ccc1F)c1ccc(F)c(Cl)c1. The Bertz CT molecular complexity index is 852. The average Bonchev–Trinajstić information content (AvgIpc) is 2.42. The summed E-state index contributed by atoms with van der Waals surface area (Å²) in [6.07, 6.45) is -4.77. The van der Waals surface area contributed by atoms with Crippen LogP contribution in [0.4, 0.5) is 27.6 Å². The van der Waals surface area contributed by atoms with E-state index in [2.05, 4.69) is 0 Å². The summed E-state index contributed by atoms with van der Waals surface area (Å²) in [6, 6.07) is 3.64. The highest BCUT2D eigenvalue weighted by Gasteiger charge is 2.31. The third-order valence-corrected chi connectivity index (χ3v) is 4.39. The number of benzene rings is 2. The molecule has 0 aliphatic carbocycles. The van der Waals surface area contributed by atoms with Crippen molar-refractivity contribution >= 4 is 27.3 Å². The van der Waals surface area contributed by atoms with E-state index >= 15 is 0 Å². The van der Waals surface area contributed by atoms with Crippen LogP contribution in [0.2, 0.25) is 5.02 Å². The first-order valence-electron chi connectivity index (χ1n) is 5.85. The van der Waals surface area contributed by atoms with Gasteiger partial charge in [0.15, 0.2) is 0 Å². The maximum Gasteiger partial charge on any atom is 0.416 e. The molecule has 0 aliphatic rings. The van der Waals surface area contributed by atoms with Gasteiger partial charge in [-0.15, -0.1) is 0 Å². The van der Waals surface area contributed by atoms with E-state index in [0.29, 0.717) is 18.2 Å². The molecule has 0 unspecified atom stereocenters. The Hall–Kier alpha value is -1.87. The number of sulfonamides is 1. The van der Waals surface area contributed by atoms with E-state index in [9.17, 15) is 30.4 Å². The zero-order chi connectivity index (χ0) is 17.4. The summed E-state index contributed by atoms with van der Waals surface area (Å²) in [5.41, 5.74) is -2.12. The molecule has 1 N–H and O–H groups in total. The number of alkyl halides is 3. The monoisotopic (exact) mass is 371 g/mol. The Kier molecular flexibility index (Phi) is 4.54. The predicted octanol–water partition coefficient (Wildman–Crippen LogP) is 4.44. The lowest BCUT2D eigenvalue weighted by Gasteiger charge is -2.12. The Morgan fingerprint density at radius 1 is 0.957 bits per heavy atom. The molecular formula is C13H7ClF5NO2S. The lowest BCUT2D eigenvalue weighted by molar-refractivity contribution is -0.137. The molecular weight excluding hydrogens is 365 g/mol. The van der Waals surface area contributed by atoms with Crippen LogP contribution in [0.25, 0.3) is 0 Å². The molecule has 0 fully saturated rings. The molecule has 0 atom stereocenters. The molecule has 2 rings (SSSR count). The summed E-state index contributed by atoms with van der Waals surface area (Å²) < 4.78 is 90.1. The molecule has 0 heterocycles. The second kappa shape index (κ2) is 5.97. The topological polar surface area (TPSA) is 46.2 Å². The average molecular weight is 372 g/mol. The van der Waals surface area contributed by atoms with Crippen LogP contribution in [0.5, 0.6) is 0 Å². The van der Waals surface area contributed by atoms with Crippen molar-refractivity contribution in [2.45, 2.75) is 11.1 Å². The number of hydrogen-bond donors (Lipinski definition) is 1. The van der Waals surface area contributed by atoms with Crippen molar-refractivity contribution in [3.8, 4) is 0 Å². The highest BCUT2D eigenvalue weighted by Crippen LogP contribution is 2.32. The van der Waals surface area contributed by atoms with Crippen LogP contribution in [-0.4, -0.2) is 8.42 Å². The van der Waals surface area contributed by atoms with Crippen molar-refractivity contribution in [3.63, 3.8) is 0 Å². The van der Waals surface area contributed by atoms with E-state index in [-0.39, 0.29) is 0 Å². The number of nitrogens with one attached hydrogen (secondary N) is 1. The highest BCUT2D eigenvalue weighted by atomic mass is 35.5. The molecule has 0 saturated heterocycles. The largest absolute Gasteiger partial charge is 0.416 e. The van der Waals surface area contributed by atoms with Crippen LogP contribution in [0.3, 0.4) is 0 Å². The van der Waals surface area contributed by atoms with Crippen LogP contribution >= 0.6 is 11.6 Å². The van der Waals surface area contributed by atoms with Gasteiger partial charge in [0.2, 0.25) is 0 Å². The van der Waals surface area contributed by atoms with Gasteiger partial charge in [-0.3, -0.25) is 4.72 Å². The fourth-order valence-corrected chi connectivity index (χ4v) is 2.96. The van der Waals surface area contributed by atoms with E-state index in [0.717, 1.165) is 18.2 Å². The molecule has 0 spiro atoms. The summed E-state index contributed by atoms with van der Waals surface area (Å²) in [5, 5.41) is -0.502. The molecule has 3 nitrogen and oxygen atoms in total. The lowest BCUT2D eigenvalue weighted by Crippen LogP contribution is -2.15. The molecule has 10 heteroatoms. The van der Waals surface area contributed by atoms with E-state index in [4.69, 9.17) is 11.6 Å². The van der Waals surface area contributed by atoms with Gasteiger partial charge in [0.1, 0.15) is 11.6 Å². The lowest BCUT2D eigenvalue weighted by atomic mass is 10.2. The molecule has 0 aliphatic heterocycles. The molecule has 124 valence electrons. The van der Waals surface area contributed by atoms with Crippen molar-refractivity contribution in [2.75, 3.05) is 4.72 Å². The molecule has 0 radical (unpaired) electrons. The first-order chi connectivity index (χ1) is 10.5. The van der Waals surface area contributed by atoms with E-state index < -0.39 is 49.0 Å². The standard InChI is InChI=1S/C13H7ClF5NO2S/c14-9-6-8(2-4-10(9)15)23(21,22)20-12-5-7(13(17,18)19)1-3-11(12)16/h1-6,20H. The van der Waals surface area contributed by atoms with Crippen molar-refractivity contribution in [1.29, 1.82) is 0 Å². The fourth-order valence-electron chi connectivity index (χ4n) is 1.63. The first kappa shape index (κ1) is 17.5. The third-order valence-electron chi connectivity index (χ3n) is 2.74. The Morgan fingerprint density at radius 2 is 1.57 bits per heavy atom. The van der Waals surface area contributed by atoms with E-state index in [1.807, 2.05) is 0 Å². The minimum Gasteiger partial charge on any atom is -0.277 e. The van der Waals surface area contributed by atoms with Gasteiger partial charge in [-0.05, 0) is 36.4 Å². The normalized spacial score (nSPS) is 12.3. The van der Waals surface area contributed by atoms with Gasteiger partial charge in [0, 0.05) is 0 Å². The molecule has 0 aromatic heterocycles. The molecule has 23 heavy (non-hydrogen) atoms. The molecule has 0 saturated carbocycles. The number of halogens is 6. The van der Waals surface area contributed by atoms with E-state index in [1.54, 1.807) is 4.72 Å². The maximum absolute atomic E-state index is 13.6. The molecule has 0 amide bonds.